The summed E-state index contributed by atoms with van der Waals surface area (Å²) in [5.41, 5.74) is 3.28. The average Bonchev–Trinajstić information content (AvgIpc) is 3.11. The van der Waals surface area contributed by atoms with Gasteiger partial charge in [0, 0.05) is 5.54 Å². The van der Waals surface area contributed by atoms with Crippen molar-refractivity contribution in [3.8, 4) is 10.7 Å². The summed E-state index contributed by atoms with van der Waals surface area (Å²) in [5.74, 6) is 3.84. The van der Waals surface area contributed by atoms with Crippen molar-refractivity contribution in [3.05, 3.63) is 11.2 Å². The Morgan fingerprint density at radius 3 is 2.30 bits per heavy atom. The van der Waals surface area contributed by atoms with Crippen molar-refractivity contribution >= 4 is 23.1 Å². The first-order valence-corrected chi connectivity index (χ1v) is 10.7. The van der Waals surface area contributed by atoms with E-state index in [0.717, 1.165) is 34.4 Å². The maximum atomic E-state index is 4.61. The minimum absolute atomic E-state index is 0.266. The van der Waals surface area contributed by atoms with Crippen molar-refractivity contribution < 1.29 is 0 Å². The van der Waals surface area contributed by atoms with Crippen LogP contribution in [0.4, 0.5) is 0 Å². The molecule has 4 saturated carbocycles. The molecule has 2 aromatic heterocycles. The van der Waals surface area contributed by atoms with Crippen LogP contribution >= 0.6 is 23.1 Å². The summed E-state index contributed by atoms with van der Waals surface area (Å²) < 4.78 is 2.53. The van der Waals surface area contributed by atoms with Crippen LogP contribution in [0.25, 0.3) is 10.7 Å². The van der Waals surface area contributed by atoms with Crippen LogP contribution in [0.5, 0.6) is 0 Å². The second kappa shape index (κ2) is 5.06. The van der Waals surface area contributed by atoms with Crippen molar-refractivity contribution in [1.82, 2.24) is 19.7 Å². The molecule has 4 aliphatic carbocycles. The topological polar surface area (TPSA) is 43.6 Å². The molecule has 0 spiro atoms. The molecule has 4 aliphatic rings. The molecule has 0 aliphatic heterocycles. The summed E-state index contributed by atoms with van der Waals surface area (Å²) in [6.45, 7) is 2.09. The molecule has 2 aromatic rings. The Labute approximate surface area is 145 Å². The molecule has 4 fully saturated rings. The monoisotopic (exact) mass is 346 g/mol. The normalized spacial score (nSPS) is 35.1. The Morgan fingerprint density at radius 1 is 1.13 bits per heavy atom. The summed E-state index contributed by atoms with van der Waals surface area (Å²) in [6, 6.07) is 0. The van der Waals surface area contributed by atoms with Crippen LogP contribution in [0.2, 0.25) is 0 Å². The van der Waals surface area contributed by atoms with Crippen molar-refractivity contribution in [2.75, 3.05) is 6.26 Å². The van der Waals surface area contributed by atoms with E-state index in [1.165, 1.54) is 43.4 Å². The van der Waals surface area contributed by atoms with Gasteiger partial charge in [0.15, 0.2) is 11.0 Å². The van der Waals surface area contributed by atoms with Crippen LogP contribution in [-0.4, -0.2) is 26.0 Å². The molecule has 0 radical (unpaired) electrons. The molecule has 6 rings (SSSR count). The lowest BCUT2D eigenvalue weighted by Crippen LogP contribution is -2.52. The molecule has 0 unspecified atom stereocenters. The molecule has 4 nitrogen and oxygen atoms in total. The van der Waals surface area contributed by atoms with Gasteiger partial charge in [-0.1, -0.05) is 11.8 Å². The summed E-state index contributed by atoms with van der Waals surface area (Å²) in [7, 11) is 0. The van der Waals surface area contributed by atoms with Gasteiger partial charge in [-0.15, -0.1) is 21.5 Å². The number of rotatable bonds is 3. The van der Waals surface area contributed by atoms with E-state index in [-0.39, 0.29) is 5.54 Å². The number of nitrogens with zero attached hydrogens (tertiary/aromatic N) is 4. The lowest BCUT2D eigenvalue weighted by Gasteiger charge is -2.57. The fourth-order valence-electron chi connectivity index (χ4n) is 5.83. The fourth-order valence-corrected chi connectivity index (χ4v) is 7.19. The summed E-state index contributed by atoms with van der Waals surface area (Å²) in [4.78, 5) is 5.65. The molecule has 4 bridgehead atoms. The third kappa shape index (κ3) is 2.07. The van der Waals surface area contributed by atoms with Gasteiger partial charge in [0.05, 0.1) is 16.1 Å². The summed E-state index contributed by atoms with van der Waals surface area (Å²) in [5, 5.41) is 10.2. The van der Waals surface area contributed by atoms with Crippen molar-refractivity contribution in [2.24, 2.45) is 17.8 Å². The van der Waals surface area contributed by atoms with E-state index in [1.807, 2.05) is 5.51 Å². The molecule has 0 amide bonds. The van der Waals surface area contributed by atoms with Gasteiger partial charge in [-0.25, -0.2) is 4.98 Å². The van der Waals surface area contributed by atoms with Gasteiger partial charge in [-0.2, -0.15) is 0 Å². The molecule has 122 valence electrons. The Morgan fingerprint density at radius 2 is 1.78 bits per heavy atom. The van der Waals surface area contributed by atoms with Gasteiger partial charge in [0.2, 0.25) is 0 Å². The van der Waals surface area contributed by atoms with Crippen molar-refractivity contribution in [3.63, 3.8) is 0 Å². The molecule has 6 heteroatoms. The van der Waals surface area contributed by atoms with Crippen LogP contribution in [-0.2, 0) is 5.54 Å². The highest BCUT2D eigenvalue weighted by Crippen LogP contribution is 2.60. The van der Waals surface area contributed by atoms with Crippen LogP contribution < -0.4 is 0 Å². The van der Waals surface area contributed by atoms with E-state index in [4.69, 9.17) is 0 Å². The maximum absolute atomic E-state index is 4.61. The van der Waals surface area contributed by atoms with Crippen LogP contribution in [0.3, 0.4) is 0 Å². The lowest BCUT2D eigenvalue weighted by atomic mass is 9.53. The highest BCUT2D eigenvalue weighted by atomic mass is 32.2. The molecule has 0 aromatic carbocycles. The van der Waals surface area contributed by atoms with E-state index in [0.29, 0.717) is 0 Å². The first kappa shape index (κ1) is 14.5. The number of hydrogen-bond acceptors (Lipinski definition) is 5. The lowest BCUT2D eigenvalue weighted by molar-refractivity contribution is -0.0464. The Bertz CT molecular complexity index is 712. The predicted molar refractivity (Wildman–Crippen MR) is 93.8 cm³/mol. The number of thiazole rings is 1. The maximum Gasteiger partial charge on any atom is 0.191 e. The van der Waals surface area contributed by atoms with Gasteiger partial charge in [0.25, 0.3) is 0 Å². The number of hydrogen-bond donors (Lipinski definition) is 0. The number of thioether (sulfide) groups is 1. The Kier molecular flexibility index (Phi) is 3.18. The third-order valence-electron chi connectivity index (χ3n) is 6.24. The van der Waals surface area contributed by atoms with E-state index < -0.39 is 0 Å². The van der Waals surface area contributed by atoms with Crippen molar-refractivity contribution in [2.45, 2.75) is 56.1 Å². The van der Waals surface area contributed by atoms with E-state index in [9.17, 15) is 0 Å². The van der Waals surface area contributed by atoms with E-state index >= 15 is 0 Å². The smallest absolute Gasteiger partial charge is 0.191 e. The van der Waals surface area contributed by atoms with E-state index in [2.05, 4.69) is 32.9 Å². The van der Waals surface area contributed by atoms with Gasteiger partial charge in [0.1, 0.15) is 0 Å². The molecule has 0 N–H and O–H groups in total. The van der Waals surface area contributed by atoms with Gasteiger partial charge >= 0.3 is 0 Å². The average molecular weight is 347 g/mol. The van der Waals surface area contributed by atoms with Crippen LogP contribution in [0.15, 0.2) is 10.7 Å². The minimum Gasteiger partial charge on any atom is -0.295 e. The second-order valence-corrected chi connectivity index (χ2v) is 9.38. The SMILES string of the molecule is CSc1nnc(-c2scnc2C)n1C12CC3CC(CC(C3)C1)C2. The van der Waals surface area contributed by atoms with Gasteiger partial charge in [-0.3, -0.25) is 4.57 Å². The van der Waals surface area contributed by atoms with Gasteiger partial charge in [-0.05, 0) is 69.5 Å². The highest BCUT2D eigenvalue weighted by Gasteiger charge is 2.53. The van der Waals surface area contributed by atoms with Crippen molar-refractivity contribution in [1.29, 1.82) is 0 Å². The zero-order valence-corrected chi connectivity index (χ0v) is 15.3. The Balaban J connectivity index is 1.68. The molecular weight excluding hydrogens is 324 g/mol. The third-order valence-corrected chi connectivity index (χ3v) is 7.80. The summed E-state index contributed by atoms with van der Waals surface area (Å²) >= 11 is 3.44. The number of aromatic nitrogens is 4. The van der Waals surface area contributed by atoms with Gasteiger partial charge < -0.3 is 0 Å². The Hall–Kier alpha value is -0.880. The summed E-state index contributed by atoms with van der Waals surface area (Å²) in [6.07, 6.45) is 10.5. The predicted octanol–water partition coefficient (Wildman–Crippen LogP) is 4.36. The standard InChI is InChI=1S/C17H22N4S2/c1-10-14(23-9-18-10)15-19-20-16(22-2)21(15)17-6-11-3-12(7-17)5-13(4-11)8-17/h9,11-13H,3-8H2,1-2H3. The number of aryl methyl sites for hydroxylation is 1. The molecule has 23 heavy (non-hydrogen) atoms. The molecular formula is C17H22N4S2. The first-order valence-electron chi connectivity index (χ1n) is 8.59. The molecule has 2 heterocycles. The zero-order chi connectivity index (χ0) is 15.6. The highest BCUT2D eigenvalue weighted by molar-refractivity contribution is 7.98. The zero-order valence-electron chi connectivity index (χ0n) is 13.7. The largest absolute Gasteiger partial charge is 0.295 e. The molecule has 0 saturated heterocycles. The van der Waals surface area contributed by atoms with Crippen LogP contribution in [0, 0.1) is 24.7 Å². The minimum atomic E-state index is 0.266. The van der Waals surface area contributed by atoms with Crippen LogP contribution in [0.1, 0.15) is 44.2 Å². The second-order valence-electron chi connectivity index (χ2n) is 7.75. The molecule has 0 atom stereocenters. The van der Waals surface area contributed by atoms with E-state index in [1.54, 1.807) is 23.1 Å². The fraction of sp³-hybridized carbons (Fsp3) is 0.706. The quantitative estimate of drug-likeness (QED) is 0.775. The first-order chi connectivity index (χ1) is 11.2.